The summed E-state index contributed by atoms with van der Waals surface area (Å²) in [4.78, 5) is 36.4. The van der Waals surface area contributed by atoms with Crippen molar-refractivity contribution in [2.24, 2.45) is 0 Å². The Balaban J connectivity index is 1.46. The predicted octanol–water partition coefficient (Wildman–Crippen LogP) is 6.87. The Morgan fingerprint density at radius 1 is 0.725 bits per heavy atom. The van der Waals surface area contributed by atoms with Crippen LogP contribution in [0.15, 0.2) is 103 Å². The number of amides is 2. The summed E-state index contributed by atoms with van der Waals surface area (Å²) in [5, 5.41) is 14.8. The van der Waals surface area contributed by atoms with Gasteiger partial charge in [0.25, 0.3) is 11.8 Å². The van der Waals surface area contributed by atoms with Gasteiger partial charge in [-0.1, -0.05) is 18.2 Å². The van der Waals surface area contributed by atoms with E-state index in [9.17, 15) is 14.4 Å². The molecule has 3 N–H and O–H groups in total. The van der Waals surface area contributed by atoms with E-state index in [0.717, 1.165) is 6.08 Å². The summed E-state index contributed by atoms with van der Waals surface area (Å²) in [6, 6.07) is 27.4. The third-order valence-corrected chi connectivity index (χ3v) is 5.55. The molecule has 0 saturated heterocycles. The molecule has 0 unspecified atom stereocenters. The lowest BCUT2D eigenvalue weighted by Crippen LogP contribution is -2.13. The van der Waals surface area contributed by atoms with Gasteiger partial charge in [0.05, 0.1) is 6.10 Å². The molecule has 8 heteroatoms. The lowest BCUT2D eigenvalue weighted by Gasteiger charge is -2.13. The standard InChI is InChI=1S/C32H28N2O6/c1-21(2)39-26-13-8-23(9-14-26)32(38)34-29-18-17-28(20-24(29)10-19-30(35)36)40-27-15-11-25(12-16-27)33-31(37)22-6-4-3-5-7-22/h3-21H,1-2H3,(H,33,37)(H,34,38)(H,35,36). The largest absolute Gasteiger partial charge is 0.491 e. The minimum atomic E-state index is -1.13. The molecule has 0 radical (unpaired) electrons. The van der Waals surface area contributed by atoms with Crippen molar-refractivity contribution >= 4 is 35.2 Å². The number of carboxylic acids is 1. The fourth-order valence-electron chi connectivity index (χ4n) is 3.70. The van der Waals surface area contributed by atoms with Crippen LogP contribution in [0.3, 0.4) is 0 Å². The molecule has 0 aromatic heterocycles. The highest BCUT2D eigenvalue weighted by Gasteiger charge is 2.11. The Bertz CT molecular complexity index is 1510. The molecule has 0 heterocycles. The zero-order chi connectivity index (χ0) is 28.5. The predicted molar refractivity (Wildman–Crippen MR) is 154 cm³/mol. The van der Waals surface area contributed by atoms with E-state index in [1.54, 1.807) is 91.0 Å². The number of hydrogen-bond donors (Lipinski definition) is 3. The monoisotopic (exact) mass is 536 g/mol. The summed E-state index contributed by atoms with van der Waals surface area (Å²) < 4.78 is 11.6. The molecule has 0 fully saturated rings. The minimum Gasteiger partial charge on any atom is -0.491 e. The van der Waals surface area contributed by atoms with E-state index < -0.39 is 5.97 Å². The molecule has 8 nitrogen and oxygen atoms in total. The Kier molecular flexibility index (Phi) is 8.94. The van der Waals surface area contributed by atoms with Gasteiger partial charge in [-0.05, 0) is 98.8 Å². The average molecular weight is 537 g/mol. The first-order valence-electron chi connectivity index (χ1n) is 12.5. The van der Waals surface area contributed by atoms with E-state index in [0.29, 0.717) is 45.3 Å². The third-order valence-electron chi connectivity index (χ3n) is 5.55. The molecule has 2 amide bonds. The van der Waals surface area contributed by atoms with Gasteiger partial charge in [-0.25, -0.2) is 4.79 Å². The highest BCUT2D eigenvalue weighted by atomic mass is 16.5. The van der Waals surface area contributed by atoms with Crippen LogP contribution in [0.5, 0.6) is 17.2 Å². The summed E-state index contributed by atoms with van der Waals surface area (Å²) >= 11 is 0. The van der Waals surface area contributed by atoms with E-state index in [1.165, 1.54) is 6.08 Å². The first kappa shape index (κ1) is 27.7. The van der Waals surface area contributed by atoms with Crippen molar-refractivity contribution in [2.45, 2.75) is 20.0 Å². The van der Waals surface area contributed by atoms with Crippen molar-refractivity contribution in [3.63, 3.8) is 0 Å². The molecule has 0 aliphatic heterocycles. The van der Waals surface area contributed by atoms with Crippen LogP contribution in [0.2, 0.25) is 0 Å². The quantitative estimate of drug-likeness (QED) is 0.191. The normalized spacial score (nSPS) is 10.8. The summed E-state index contributed by atoms with van der Waals surface area (Å²) in [7, 11) is 0. The molecule has 0 saturated carbocycles. The van der Waals surface area contributed by atoms with Gasteiger partial charge in [-0.3, -0.25) is 9.59 Å². The van der Waals surface area contributed by atoms with Gasteiger partial charge in [-0.15, -0.1) is 0 Å². The molecule has 4 rings (SSSR count). The zero-order valence-electron chi connectivity index (χ0n) is 22.0. The molecular formula is C32H28N2O6. The van der Waals surface area contributed by atoms with Crippen LogP contribution in [0, 0.1) is 0 Å². The Morgan fingerprint density at radius 3 is 1.98 bits per heavy atom. The second kappa shape index (κ2) is 12.9. The van der Waals surface area contributed by atoms with Crippen LogP contribution < -0.4 is 20.1 Å². The van der Waals surface area contributed by atoms with Gasteiger partial charge in [0, 0.05) is 34.1 Å². The number of carbonyl (C=O) groups excluding carboxylic acids is 2. The molecule has 4 aromatic carbocycles. The van der Waals surface area contributed by atoms with Gasteiger partial charge in [-0.2, -0.15) is 0 Å². The van der Waals surface area contributed by atoms with Gasteiger partial charge in [0.2, 0.25) is 0 Å². The maximum absolute atomic E-state index is 12.9. The molecule has 202 valence electrons. The number of rotatable bonds is 10. The maximum Gasteiger partial charge on any atom is 0.328 e. The number of anilines is 2. The fraction of sp³-hybridized carbons (Fsp3) is 0.0938. The molecule has 0 spiro atoms. The van der Waals surface area contributed by atoms with Gasteiger partial charge >= 0.3 is 5.97 Å². The Morgan fingerprint density at radius 2 is 1.32 bits per heavy atom. The number of benzene rings is 4. The van der Waals surface area contributed by atoms with Crippen LogP contribution in [0.1, 0.15) is 40.1 Å². The summed E-state index contributed by atoms with van der Waals surface area (Å²) in [6.07, 6.45) is 2.38. The SMILES string of the molecule is CC(C)Oc1ccc(C(=O)Nc2ccc(Oc3ccc(NC(=O)c4ccccc4)cc3)cc2C=CC(=O)O)cc1. The summed E-state index contributed by atoms with van der Waals surface area (Å²) in [5.74, 6) is -0.114. The third kappa shape index (κ3) is 7.82. The maximum atomic E-state index is 12.9. The zero-order valence-corrected chi connectivity index (χ0v) is 22.0. The van der Waals surface area contributed by atoms with Crippen LogP contribution in [-0.4, -0.2) is 29.0 Å². The number of hydrogen-bond acceptors (Lipinski definition) is 5. The van der Waals surface area contributed by atoms with E-state index in [-0.39, 0.29) is 17.9 Å². The Hall–Kier alpha value is -5.37. The second-order valence-electron chi connectivity index (χ2n) is 9.01. The van der Waals surface area contributed by atoms with Crippen molar-refractivity contribution in [3.05, 3.63) is 120 Å². The van der Waals surface area contributed by atoms with E-state index in [2.05, 4.69) is 10.6 Å². The lowest BCUT2D eigenvalue weighted by atomic mass is 10.1. The topological polar surface area (TPSA) is 114 Å². The van der Waals surface area contributed by atoms with Crippen molar-refractivity contribution in [1.82, 2.24) is 0 Å². The smallest absolute Gasteiger partial charge is 0.328 e. The van der Waals surface area contributed by atoms with Crippen LogP contribution in [0.25, 0.3) is 6.08 Å². The highest BCUT2D eigenvalue weighted by molar-refractivity contribution is 6.06. The van der Waals surface area contributed by atoms with Crippen molar-refractivity contribution < 1.29 is 29.0 Å². The first-order valence-corrected chi connectivity index (χ1v) is 12.5. The molecular weight excluding hydrogens is 508 g/mol. The second-order valence-corrected chi connectivity index (χ2v) is 9.01. The van der Waals surface area contributed by atoms with Crippen molar-refractivity contribution in [1.29, 1.82) is 0 Å². The van der Waals surface area contributed by atoms with E-state index in [4.69, 9.17) is 14.6 Å². The van der Waals surface area contributed by atoms with Gasteiger partial charge in [0.15, 0.2) is 0 Å². The number of carbonyl (C=O) groups is 3. The van der Waals surface area contributed by atoms with Crippen molar-refractivity contribution in [2.75, 3.05) is 10.6 Å². The van der Waals surface area contributed by atoms with Crippen LogP contribution in [0.4, 0.5) is 11.4 Å². The molecule has 0 aliphatic carbocycles. The summed E-state index contributed by atoms with van der Waals surface area (Å²) in [5.41, 5.74) is 2.43. The number of aliphatic carboxylic acids is 1. The molecule has 40 heavy (non-hydrogen) atoms. The van der Waals surface area contributed by atoms with Gasteiger partial charge < -0.3 is 25.2 Å². The molecule has 4 aromatic rings. The van der Waals surface area contributed by atoms with Crippen molar-refractivity contribution in [3.8, 4) is 17.2 Å². The molecule has 0 bridgehead atoms. The number of ether oxygens (including phenoxy) is 2. The van der Waals surface area contributed by atoms with Crippen LogP contribution in [-0.2, 0) is 4.79 Å². The fourth-order valence-corrected chi connectivity index (χ4v) is 3.70. The molecule has 0 atom stereocenters. The Labute approximate surface area is 231 Å². The lowest BCUT2D eigenvalue weighted by molar-refractivity contribution is -0.131. The van der Waals surface area contributed by atoms with E-state index >= 15 is 0 Å². The molecule has 0 aliphatic rings. The average Bonchev–Trinajstić information content (AvgIpc) is 2.94. The highest BCUT2D eigenvalue weighted by Crippen LogP contribution is 2.29. The number of carboxylic acid groups (broad SMARTS) is 1. The van der Waals surface area contributed by atoms with Gasteiger partial charge in [0.1, 0.15) is 17.2 Å². The first-order chi connectivity index (χ1) is 19.3. The van der Waals surface area contributed by atoms with Crippen LogP contribution >= 0.6 is 0 Å². The van der Waals surface area contributed by atoms with E-state index in [1.807, 2.05) is 19.9 Å². The summed E-state index contributed by atoms with van der Waals surface area (Å²) in [6.45, 7) is 3.84. The minimum absolute atomic E-state index is 0.0161. The number of nitrogens with one attached hydrogen (secondary N) is 2.